The molecule has 1 aromatic carbocycles. The Morgan fingerprint density at radius 3 is 2.47 bits per heavy atom. The molecule has 186 valence electrons. The molecule has 3 rings (SSSR count). The van der Waals surface area contributed by atoms with Gasteiger partial charge in [0.05, 0.1) is 29.5 Å². The van der Waals surface area contributed by atoms with Crippen molar-refractivity contribution in [3.8, 4) is 0 Å². The molecule has 0 saturated carbocycles. The number of benzene rings is 1. The number of carbonyl (C=O) groups excluding carboxylic acids is 1. The van der Waals surface area contributed by atoms with E-state index in [2.05, 4.69) is 15.3 Å². The van der Waals surface area contributed by atoms with Crippen molar-refractivity contribution in [2.45, 2.75) is 77.9 Å². The third-order valence-corrected chi connectivity index (χ3v) is 5.46. The summed E-state index contributed by atoms with van der Waals surface area (Å²) in [5.41, 5.74) is -0.909. The Bertz CT molecular complexity index is 1050. The zero-order chi connectivity index (χ0) is 25.4. The maximum absolute atomic E-state index is 14.7. The number of hydrogen-bond donors (Lipinski definition) is 2. The van der Waals surface area contributed by atoms with Gasteiger partial charge in [-0.05, 0) is 60.1 Å². The summed E-state index contributed by atoms with van der Waals surface area (Å²) < 4.78 is 40.5. The molecule has 1 aliphatic rings. The number of nitrogens with one attached hydrogen (secondary N) is 1. The largest absolute Gasteiger partial charge is 0.447 e. The van der Waals surface area contributed by atoms with Gasteiger partial charge in [-0.1, -0.05) is 12.1 Å². The van der Waals surface area contributed by atoms with Gasteiger partial charge in [0.2, 0.25) is 5.95 Å². The number of amides is 1. The van der Waals surface area contributed by atoms with Crippen LogP contribution >= 0.6 is 0 Å². The molecule has 34 heavy (non-hydrogen) atoms. The van der Waals surface area contributed by atoms with Gasteiger partial charge in [-0.2, -0.15) is 4.98 Å². The Morgan fingerprint density at radius 2 is 1.88 bits per heavy atom. The second-order valence-electron chi connectivity index (χ2n) is 9.98. The smallest absolute Gasteiger partial charge is 0.416 e. The SMILES string of the molecule is C[C@H](Nc1ncc(F)c(N2C(=O)OC[C@@H]2[C@@H](C)OC(C)(C)C)n1)c1ccc(C(C)(C)O)cc1F. The summed E-state index contributed by atoms with van der Waals surface area (Å²) >= 11 is 0. The quantitative estimate of drug-likeness (QED) is 0.596. The molecule has 2 N–H and O–H groups in total. The Hall–Kier alpha value is -2.85. The van der Waals surface area contributed by atoms with E-state index in [4.69, 9.17) is 9.47 Å². The van der Waals surface area contributed by atoms with Crippen molar-refractivity contribution in [2.75, 3.05) is 16.8 Å². The van der Waals surface area contributed by atoms with Crippen LogP contribution in [0.15, 0.2) is 24.4 Å². The highest BCUT2D eigenvalue weighted by atomic mass is 19.1. The molecule has 0 spiro atoms. The van der Waals surface area contributed by atoms with Gasteiger partial charge in [-0.25, -0.2) is 23.5 Å². The predicted octanol–water partition coefficient (Wildman–Crippen LogP) is 4.68. The number of aromatic nitrogens is 2. The van der Waals surface area contributed by atoms with Gasteiger partial charge >= 0.3 is 6.09 Å². The van der Waals surface area contributed by atoms with Crippen molar-refractivity contribution in [1.29, 1.82) is 0 Å². The second-order valence-corrected chi connectivity index (χ2v) is 9.98. The molecule has 2 aromatic rings. The number of cyclic esters (lactones) is 1. The van der Waals surface area contributed by atoms with Gasteiger partial charge < -0.3 is 19.9 Å². The molecule has 8 nitrogen and oxygen atoms in total. The monoisotopic (exact) mass is 478 g/mol. The van der Waals surface area contributed by atoms with Crippen molar-refractivity contribution >= 4 is 17.9 Å². The molecule has 0 bridgehead atoms. The lowest BCUT2D eigenvalue weighted by molar-refractivity contribution is -0.0618. The lowest BCUT2D eigenvalue weighted by Gasteiger charge is -2.31. The van der Waals surface area contributed by atoms with Crippen LogP contribution < -0.4 is 10.2 Å². The van der Waals surface area contributed by atoms with Crippen molar-refractivity contribution < 1.29 is 28.2 Å². The van der Waals surface area contributed by atoms with E-state index in [1.54, 1.807) is 39.8 Å². The van der Waals surface area contributed by atoms with Crippen molar-refractivity contribution in [2.24, 2.45) is 0 Å². The van der Waals surface area contributed by atoms with E-state index in [1.165, 1.54) is 6.07 Å². The number of ether oxygens (including phenoxy) is 2. The van der Waals surface area contributed by atoms with Gasteiger partial charge in [0, 0.05) is 5.56 Å². The maximum Gasteiger partial charge on any atom is 0.416 e. The fourth-order valence-electron chi connectivity index (χ4n) is 3.79. The third-order valence-electron chi connectivity index (χ3n) is 5.46. The number of nitrogens with zero attached hydrogens (tertiary/aromatic N) is 3. The molecule has 0 radical (unpaired) electrons. The zero-order valence-corrected chi connectivity index (χ0v) is 20.5. The van der Waals surface area contributed by atoms with Gasteiger partial charge in [-0.15, -0.1) is 0 Å². The molecule has 1 amide bonds. The summed E-state index contributed by atoms with van der Waals surface area (Å²) in [7, 11) is 0. The van der Waals surface area contributed by atoms with Crippen LogP contribution in [0.25, 0.3) is 0 Å². The minimum absolute atomic E-state index is 0.0118. The number of anilines is 2. The molecule has 3 atom stereocenters. The summed E-state index contributed by atoms with van der Waals surface area (Å²) in [6.45, 7) is 12.3. The molecular weight excluding hydrogens is 446 g/mol. The predicted molar refractivity (Wildman–Crippen MR) is 124 cm³/mol. The summed E-state index contributed by atoms with van der Waals surface area (Å²) in [6, 6.07) is 3.29. The minimum Gasteiger partial charge on any atom is -0.447 e. The Morgan fingerprint density at radius 1 is 1.21 bits per heavy atom. The van der Waals surface area contributed by atoms with E-state index >= 15 is 0 Å². The van der Waals surface area contributed by atoms with Gasteiger partial charge in [0.1, 0.15) is 18.5 Å². The molecule has 1 saturated heterocycles. The fraction of sp³-hybridized carbons (Fsp3) is 0.542. The highest BCUT2D eigenvalue weighted by Crippen LogP contribution is 2.30. The van der Waals surface area contributed by atoms with Gasteiger partial charge in [0.25, 0.3) is 0 Å². The van der Waals surface area contributed by atoms with E-state index in [-0.39, 0.29) is 18.4 Å². The summed E-state index contributed by atoms with van der Waals surface area (Å²) in [5, 5.41) is 13.0. The molecule has 1 aromatic heterocycles. The van der Waals surface area contributed by atoms with Crippen molar-refractivity contribution in [3.05, 3.63) is 47.2 Å². The van der Waals surface area contributed by atoms with Crippen LogP contribution in [0.3, 0.4) is 0 Å². The number of hydrogen-bond acceptors (Lipinski definition) is 7. The van der Waals surface area contributed by atoms with E-state index in [0.717, 1.165) is 11.1 Å². The van der Waals surface area contributed by atoms with Crippen LogP contribution in [0.2, 0.25) is 0 Å². The van der Waals surface area contributed by atoms with Gasteiger partial charge in [-0.3, -0.25) is 0 Å². The first kappa shape index (κ1) is 25.8. The number of rotatable bonds is 7. The van der Waals surface area contributed by atoms with Crippen LogP contribution in [-0.4, -0.2) is 45.5 Å². The van der Waals surface area contributed by atoms with Crippen LogP contribution in [0.1, 0.15) is 65.6 Å². The first-order chi connectivity index (χ1) is 15.7. The summed E-state index contributed by atoms with van der Waals surface area (Å²) in [6.07, 6.45) is -0.248. The molecular formula is C24H32F2N4O4. The maximum atomic E-state index is 14.7. The van der Waals surface area contributed by atoms with Crippen LogP contribution in [-0.2, 0) is 15.1 Å². The Labute approximate surface area is 198 Å². The number of carbonyl (C=O) groups is 1. The average molecular weight is 479 g/mol. The van der Waals surface area contributed by atoms with Gasteiger partial charge in [0.15, 0.2) is 11.6 Å². The Balaban J connectivity index is 1.85. The molecule has 1 aliphatic heterocycles. The molecule has 10 heteroatoms. The number of aliphatic hydroxyl groups is 1. The van der Waals surface area contributed by atoms with Crippen molar-refractivity contribution in [3.63, 3.8) is 0 Å². The Kier molecular flexibility index (Phi) is 7.14. The highest BCUT2D eigenvalue weighted by molar-refractivity contribution is 5.89. The highest BCUT2D eigenvalue weighted by Gasteiger charge is 2.42. The van der Waals surface area contributed by atoms with Crippen molar-refractivity contribution in [1.82, 2.24) is 9.97 Å². The van der Waals surface area contributed by atoms with E-state index < -0.39 is 47.1 Å². The minimum atomic E-state index is -1.18. The first-order valence-corrected chi connectivity index (χ1v) is 11.1. The van der Waals surface area contributed by atoms with E-state index in [0.29, 0.717) is 11.1 Å². The van der Waals surface area contributed by atoms with Crippen LogP contribution in [0, 0.1) is 11.6 Å². The standard InChI is InChI=1S/C24H32F2N4O4/c1-13(16-9-8-15(10-17(16)25)24(6,7)32)28-21-27-11-18(26)20(29-21)30-19(12-33-22(30)31)14(2)34-23(3,4)5/h8-11,13-14,19,32H,12H2,1-7H3,(H,27,28,29)/t13-,14+,19+/m0/s1. The lowest BCUT2D eigenvalue weighted by Crippen LogP contribution is -2.45. The fourth-order valence-corrected chi connectivity index (χ4v) is 3.79. The zero-order valence-electron chi connectivity index (χ0n) is 20.5. The molecule has 1 fully saturated rings. The van der Waals surface area contributed by atoms with Crippen LogP contribution in [0.5, 0.6) is 0 Å². The van der Waals surface area contributed by atoms with E-state index in [9.17, 15) is 18.7 Å². The van der Waals surface area contributed by atoms with E-state index in [1.807, 2.05) is 20.8 Å². The molecule has 2 heterocycles. The molecule has 0 aliphatic carbocycles. The summed E-state index contributed by atoms with van der Waals surface area (Å²) in [5.74, 6) is -1.55. The first-order valence-electron chi connectivity index (χ1n) is 11.1. The lowest BCUT2D eigenvalue weighted by atomic mass is 9.95. The molecule has 0 unspecified atom stereocenters. The third kappa shape index (κ3) is 5.79. The topological polar surface area (TPSA) is 96.8 Å². The van der Waals surface area contributed by atoms with Crippen LogP contribution in [0.4, 0.5) is 25.3 Å². The number of halogens is 2. The average Bonchev–Trinajstić information content (AvgIpc) is 3.08. The normalized spacial score (nSPS) is 18.6. The second kappa shape index (κ2) is 9.42. The summed E-state index contributed by atoms with van der Waals surface area (Å²) in [4.78, 5) is 21.7.